The number of nitrogens with zero attached hydrogens (tertiary/aromatic N) is 1. The van der Waals surface area contributed by atoms with Gasteiger partial charge in [-0.1, -0.05) is 31.2 Å². The Balaban J connectivity index is 2.22. The Morgan fingerprint density at radius 1 is 1.04 bits per heavy atom. The molecule has 0 atom stereocenters. The Labute approximate surface area is 158 Å². The summed E-state index contributed by atoms with van der Waals surface area (Å²) in [6.07, 6.45) is 1.10. The lowest BCUT2D eigenvalue weighted by Crippen LogP contribution is -2.22. The maximum absolute atomic E-state index is 12.1. The molecule has 1 aromatic heterocycles. The number of fused-ring (bicyclic) bond motifs is 3. The number of benzene rings is 2. The van der Waals surface area contributed by atoms with Crippen molar-refractivity contribution in [3.8, 4) is 0 Å². The van der Waals surface area contributed by atoms with Crippen molar-refractivity contribution in [2.24, 2.45) is 0 Å². The van der Waals surface area contributed by atoms with Gasteiger partial charge in [-0.2, -0.15) is 0 Å². The van der Waals surface area contributed by atoms with Crippen LogP contribution in [0.3, 0.4) is 0 Å². The van der Waals surface area contributed by atoms with E-state index in [0.717, 1.165) is 41.4 Å². The van der Waals surface area contributed by atoms with E-state index in [1.165, 1.54) is 6.07 Å². The molecule has 0 N–H and O–H groups in total. The van der Waals surface area contributed by atoms with Crippen LogP contribution >= 0.6 is 0 Å². The highest BCUT2D eigenvalue weighted by atomic mass is 16.5. The van der Waals surface area contributed by atoms with Gasteiger partial charge >= 0.3 is 11.6 Å². The topological polar surface area (TPSA) is 59.8 Å². The second-order valence-electron chi connectivity index (χ2n) is 6.49. The normalized spacial score (nSPS) is 11.1. The summed E-state index contributed by atoms with van der Waals surface area (Å²) >= 11 is 0. The van der Waals surface area contributed by atoms with Crippen LogP contribution in [0.4, 0.5) is 5.69 Å². The van der Waals surface area contributed by atoms with Crippen LogP contribution in [0, 0.1) is 0 Å². The number of rotatable bonds is 7. The molecule has 0 aliphatic carbocycles. The van der Waals surface area contributed by atoms with E-state index in [0.29, 0.717) is 17.6 Å². The number of ether oxygens (including phenoxy) is 1. The van der Waals surface area contributed by atoms with Gasteiger partial charge in [0.2, 0.25) is 0 Å². The van der Waals surface area contributed by atoms with E-state index in [-0.39, 0.29) is 12.6 Å². The molecule has 0 aliphatic rings. The minimum atomic E-state index is -0.440. The molecule has 0 saturated heterocycles. The van der Waals surface area contributed by atoms with E-state index in [9.17, 15) is 9.59 Å². The molecule has 1 heterocycles. The fourth-order valence-electron chi connectivity index (χ4n) is 3.41. The average Bonchev–Trinajstić information content (AvgIpc) is 2.67. The van der Waals surface area contributed by atoms with Crippen LogP contribution in [-0.4, -0.2) is 19.1 Å². The first-order chi connectivity index (χ1) is 13.1. The molecule has 0 amide bonds. The molecule has 0 radical (unpaired) electrons. The minimum absolute atomic E-state index is 0.0664. The van der Waals surface area contributed by atoms with Crippen LogP contribution in [0.1, 0.15) is 39.2 Å². The van der Waals surface area contributed by atoms with Crippen molar-refractivity contribution in [2.75, 3.05) is 18.0 Å². The number of anilines is 1. The van der Waals surface area contributed by atoms with Crippen LogP contribution in [0.5, 0.6) is 0 Å². The summed E-state index contributed by atoms with van der Waals surface area (Å²) in [5.74, 6) is -0.261. The molecule has 3 aromatic rings. The fourth-order valence-corrected chi connectivity index (χ4v) is 3.41. The highest BCUT2D eigenvalue weighted by molar-refractivity contribution is 6.11. The summed E-state index contributed by atoms with van der Waals surface area (Å²) in [6.45, 7) is 7.95. The third-order valence-corrected chi connectivity index (χ3v) is 4.76. The summed E-state index contributed by atoms with van der Waals surface area (Å²) in [6, 6.07) is 11.4. The van der Waals surface area contributed by atoms with Crippen molar-refractivity contribution in [3.63, 3.8) is 0 Å². The lowest BCUT2D eigenvalue weighted by atomic mass is 10.0. The van der Waals surface area contributed by atoms with Gasteiger partial charge in [0.25, 0.3) is 0 Å². The summed E-state index contributed by atoms with van der Waals surface area (Å²) in [5, 5.41) is 2.73. The Kier molecular flexibility index (Phi) is 5.79. The van der Waals surface area contributed by atoms with Gasteiger partial charge in [-0.3, -0.25) is 4.79 Å². The summed E-state index contributed by atoms with van der Waals surface area (Å²) in [7, 11) is 0. The van der Waals surface area contributed by atoms with Gasteiger partial charge in [-0.05, 0) is 26.3 Å². The first-order valence-corrected chi connectivity index (χ1v) is 9.48. The predicted molar refractivity (Wildman–Crippen MR) is 108 cm³/mol. The van der Waals surface area contributed by atoms with E-state index < -0.39 is 5.63 Å². The Hall–Kier alpha value is -2.82. The molecule has 2 aromatic carbocycles. The monoisotopic (exact) mass is 367 g/mol. The average molecular weight is 367 g/mol. The number of hydrogen-bond donors (Lipinski definition) is 0. The number of hydrogen-bond acceptors (Lipinski definition) is 5. The van der Waals surface area contributed by atoms with Gasteiger partial charge in [0, 0.05) is 53.0 Å². The Morgan fingerprint density at radius 3 is 2.41 bits per heavy atom. The molecule has 0 unspecified atom stereocenters. The standard InChI is InChI=1S/C22H25NO4/c1-4-9-20(24)26-14-15-12-21(25)27-22-17-11-8-7-10-16(17)19(13-18(15)22)23(5-2)6-3/h7-8,10-13H,4-6,9,14H2,1-3H3. The second kappa shape index (κ2) is 8.25. The summed E-state index contributed by atoms with van der Waals surface area (Å²) < 4.78 is 10.9. The molecular weight excluding hydrogens is 342 g/mol. The van der Waals surface area contributed by atoms with Crippen molar-refractivity contribution in [1.29, 1.82) is 0 Å². The van der Waals surface area contributed by atoms with Crippen molar-refractivity contribution in [1.82, 2.24) is 0 Å². The van der Waals surface area contributed by atoms with Crippen LogP contribution in [0.15, 0.2) is 45.6 Å². The lowest BCUT2D eigenvalue weighted by Gasteiger charge is -2.24. The zero-order valence-corrected chi connectivity index (χ0v) is 16.1. The first kappa shape index (κ1) is 19.0. The predicted octanol–water partition coefficient (Wildman–Crippen LogP) is 4.64. The van der Waals surface area contributed by atoms with Crippen molar-refractivity contribution >= 4 is 33.4 Å². The van der Waals surface area contributed by atoms with Crippen LogP contribution in [-0.2, 0) is 16.1 Å². The van der Waals surface area contributed by atoms with Crippen molar-refractivity contribution in [3.05, 3.63) is 52.4 Å². The van der Waals surface area contributed by atoms with Gasteiger partial charge in [0.05, 0.1) is 0 Å². The molecule has 0 spiro atoms. The molecule has 27 heavy (non-hydrogen) atoms. The van der Waals surface area contributed by atoms with Crippen molar-refractivity contribution < 1.29 is 13.9 Å². The quantitative estimate of drug-likeness (QED) is 0.346. The maximum Gasteiger partial charge on any atom is 0.336 e. The molecule has 5 heteroatoms. The zero-order chi connectivity index (χ0) is 19.4. The summed E-state index contributed by atoms with van der Waals surface area (Å²) in [4.78, 5) is 26.2. The van der Waals surface area contributed by atoms with Gasteiger partial charge in [-0.15, -0.1) is 0 Å². The minimum Gasteiger partial charge on any atom is -0.461 e. The number of esters is 1. The van der Waals surface area contributed by atoms with Gasteiger partial charge < -0.3 is 14.1 Å². The molecule has 3 rings (SSSR count). The maximum atomic E-state index is 12.1. The Bertz CT molecular complexity index is 1020. The fraction of sp³-hybridized carbons (Fsp3) is 0.364. The van der Waals surface area contributed by atoms with Gasteiger partial charge in [0.15, 0.2) is 0 Å². The number of carbonyl (C=O) groups excluding carboxylic acids is 1. The smallest absolute Gasteiger partial charge is 0.336 e. The number of carbonyl (C=O) groups is 1. The third kappa shape index (κ3) is 3.82. The molecular formula is C22H25NO4. The van der Waals surface area contributed by atoms with E-state index in [4.69, 9.17) is 9.15 Å². The first-order valence-electron chi connectivity index (χ1n) is 9.48. The van der Waals surface area contributed by atoms with E-state index in [1.54, 1.807) is 0 Å². The highest BCUT2D eigenvalue weighted by Crippen LogP contribution is 2.35. The summed E-state index contributed by atoms with van der Waals surface area (Å²) in [5.41, 5.74) is 1.85. The van der Waals surface area contributed by atoms with Crippen molar-refractivity contribution in [2.45, 2.75) is 40.2 Å². The molecule has 0 bridgehead atoms. The lowest BCUT2D eigenvalue weighted by molar-refractivity contribution is -0.144. The van der Waals surface area contributed by atoms with E-state index in [1.807, 2.05) is 37.3 Å². The zero-order valence-electron chi connectivity index (χ0n) is 16.1. The highest BCUT2D eigenvalue weighted by Gasteiger charge is 2.16. The van der Waals surface area contributed by atoms with Crippen LogP contribution in [0.25, 0.3) is 21.7 Å². The molecule has 5 nitrogen and oxygen atoms in total. The van der Waals surface area contributed by atoms with Gasteiger partial charge in [0.1, 0.15) is 12.2 Å². The van der Waals surface area contributed by atoms with E-state index >= 15 is 0 Å². The van der Waals surface area contributed by atoms with Crippen LogP contribution in [0.2, 0.25) is 0 Å². The Morgan fingerprint density at radius 2 is 1.74 bits per heavy atom. The molecule has 0 aliphatic heterocycles. The molecule has 0 fully saturated rings. The van der Waals surface area contributed by atoms with Gasteiger partial charge in [-0.25, -0.2) is 4.79 Å². The second-order valence-corrected chi connectivity index (χ2v) is 6.49. The van der Waals surface area contributed by atoms with Crippen LogP contribution < -0.4 is 10.5 Å². The molecule has 0 saturated carbocycles. The molecule has 142 valence electrons. The largest absolute Gasteiger partial charge is 0.461 e. The van der Waals surface area contributed by atoms with E-state index in [2.05, 4.69) is 18.7 Å². The third-order valence-electron chi connectivity index (χ3n) is 4.76. The SMILES string of the molecule is CCCC(=O)OCc1cc(=O)oc2c1cc(N(CC)CC)c1ccccc12.